The Morgan fingerprint density at radius 3 is 3.11 bits per heavy atom. The summed E-state index contributed by atoms with van der Waals surface area (Å²) < 4.78 is 2.54. The van der Waals surface area contributed by atoms with Gasteiger partial charge in [0, 0.05) is 34.1 Å². The average Bonchev–Trinajstić information content (AvgIpc) is 2.98. The van der Waals surface area contributed by atoms with Crippen LogP contribution in [-0.2, 0) is 0 Å². The molecule has 2 aromatic rings. The smallest absolute Gasteiger partial charge is 0.169 e. The van der Waals surface area contributed by atoms with Crippen molar-refractivity contribution in [2.75, 3.05) is 13.1 Å². The molecular formula is C14H11BrN2S2. The number of thioether (sulfide) groups is 1. The highest BCUT2D eigenvalue weighted by atomic mass is 79.9. The van der Waals surface area contributed by atoms with Crippen LogP contribution in [0.25, 0.3) is 15.8 Å². The fraction of sp³-hybridized carbons (Fsp3) is 0.214. The van der Waals surface area contributed by atoms with Gasteiger partial charge >= 0.3 is 0 Å². The monoisotopic (exact) mass is 350 g/mol. The Hall–Kier alpha value is -0.780. The van der Waals surface area contributed by atoms with Crippen molar-refractivity contribution in [1.29, 1.82) is 0 Å². The second-order valence-electron chi connectivity index (χ2n) is 4.54. The van der Waals surface area contributed by atoms with E-state index in [1.807, 2.05) is 11.3 Å². The normalized spacial score (nSPS) is 19.0. The maximum absolute atomic E-state index is 4.62. The van der Waals surface area contributed by atoms with Gasteiger partial charge in [0.2, 0.25) is 0 Å². The van der Waals surface area contributed by atoms with Crippen LogP contribution in [0.1, 0.15) is 12.0 Å². The topological polar surface area (TPSA) is 15.6 Å². The highest BCUT2D eigenvalue weighted by Crippen LogP contribution is 2.46. The van der Waals surface area contributed by atoms with Crippen molar-refractivity contribution in [2.24, 2.45) is 4.99 Å². The Morgan fingerprint density at radius 1 is 1.26 bits per heavy atom. The Kier molecular flexibility index (Phi) is 2.94. The molecule has 19 heavy (non-hydrogen) atoms. The summed E-state index contributed by atoms with van der Waals surface area (Å²) >= 11 is 7.28. The van der Waals surface area contributed by atoms with Crippen molar-refractivity contribution in [3.8, 4) is 0 Å². The molecule has 4 rings (SSSR count). The van der Waals surface area contributed by atoms with E-state index in [4.69, 9.17) is 0 Å². The number of thiophene rings is 1. The lowest BCUT2D eigenvalue weighted by atomic mass is 10.1. The van der Waals surface area contributed by atoms with Gasteiger partial charge in [-0.05, 0) is 40.2 Å². The molecule has 2 nitrogen and oxygen atoms in total. The van der Waals surface area contributed by atoms with Crippen LogP contribution in [0.5, 0.6) is 0 Å². The quantitative estimate of drug-likeness (QED) is 0.738. The molecule has 0 bridgehead atoms. The summed E-state index contributed by atoms with van der Waals surface area (Å²) in [6.07, 6.45) is 1.13. The lowest BCUT2D eigenvalue weighted by molar-refractivity contribution is 0.542. The molecule has 0 radical (unpaired) electrons. The number of rotatable bonds is 1. The molecule has 0 spiro atoms. The zero-order valence-corrected chi connectivity index (χ0v) is 13.3. The van der Waals surface area contributed by atoms with Crippen molar-refractivity contribution in [2.45, 2.75) is 6.42 Å². The number of hydrogen-bond donors (Lipinski definition) is 0. The van der Waals surface area contributed by atoms with Gasteiger partial charge in [-0.2, -0.15) is 0 Å². The number of aliphatic imine (C=N–C) groups is 1. The van der Waals surface area contributed by atoms with Crippen LogP contribution >= 0.6 is 39.0 Å². The van der Waals surface area contributed by atoms with Crippen LogP contribution in [0.4, 0.5) is 0 Å². The minimum atomic E-state index is 0.955. The second kappa shape index (κ2) is 4.65. The second-order valence-corrected chi connectivity index (χ2v) is 7.75. The lowest BCUT2D eigenvalue weighted by Gasteiger charge is -2.25. The van der Waals surface area contributed by atoms with E-state index in [1.54, 1.807) is 11.8 Å². The third-order valence-corrected chi connectivity index (χ3v) is 6.12. The molecule has 2 aliphatic rings. The number of nitrogens with zero attached hydrogens (tertiary/aromatic N) is 2. The zero-order valence-electron chi connectivity index (χ0n) is 10.1. The predicted octanol–water partition coefficient (Wildman–Crippen LogP) is 4.73. The summed E-state index contributed by atoms with van der Waals surface area (Å²) in [4.78, 5) is 6.97. The molecule has 0 saturated carbocycles. The summed E-state index contributed by atoms with van der Waals surface area (Å²) in [5.41, 5.74) is 2.62. The molecule has 0 fully saturated rings. The van der Waals surface area contributed by atoms with Crippen molar-refractivity contribution in [3.05, 3.63) is 39.0 Å². The summed E-state index contributed by atoms with van der Waals surface area (Å²) in [6.45, 7) is 2.03. The first kappa shape index (κ1) is 12.0. The minimum Gasteiger partial charge on any atom is -0.319 e. The zero-order chi connectivity index (χ0) is 12.8. The van der Waals surface area contributed by atoms with E-state index in [0.717, 1.165) is 24.7 Å². The van der Waals surface area contributed by atoms with Crippen LogP contribution in [-0.4, -0.2) is 23.2 Å². The molecule has 5 heteroatoms. The third kappa shape index (κ3) is 1.87. The largest absolute Gasteiger partial charge is 0.319 e. The fourth-order valence-electron chi connectivity index (χ4n) is 2.53. The SMILES string of the molecule is BrC1=C(c2csc3ccccc23)N2CCCN=C2S1. The average molecular weight is 351 g/mol. The number of amidine groups is 1. The van der Waals surface area contributed by atoms with Gasteiger partial charge in [0.05, 0.1) is 9.51 Å². The highest BCUT2D eigenvalue weighted by Gasteiger charge is 2.31. The molecule has 0 aliphatic carbocycles. The first-order chi connectivity index (χ1) is 9.34. The van der Waals surface area contributed by atoms with Crippen molar-refractivity contribution >= 4 is 60.0 Å². The molecule has 0 saturated heterocycles. The summed E-state index contributed by atoms with van der Waals surface area (Å²) in [5, 5.41) is 4.74. The van der Waals surface area contributed by atoms with Crippen molar-refractivity contribution < 1.29 is 0 Å². The van der Waals surface area contributed by atoms with Gasteiger partial charge in [-0.25, -0.2) is 0 Å². The van der Waals surface area contributed by atoms with Gasteiger partial charge in [0.25, 0.3) is 0 Å². The first-order valence-corrected chi connectivity index (χ1v) is 8.70. The minimum absolute atomic E-state index is 0.955. The Morgan fingerprint density at radius 2 is 2.16 bits per heavy atom. The van der Waals surface area contributed by atoms with Gasteiger partial charge in [-0.15, -0.1) is 11.3 Å². The first-order valence-electron chi connectivity index (χ1n) is 6.21. The summed E-state index contributed by atoms with van der Waals surface area (Å²) in [7, 11) is 0. The predicted molar refractivity (Wildman–Crippen MR) is 88.9 cm³/mol. The van der Waals surface area contributed by atoms with Gasteiger partial charge in [-0.1, -0.05) is 18.2 Å². The number of hydrogen-bond acceptors (Lipinski definition) is 4. The molecule has 0 N–H and O–H groups in total. The van der Waals surface area contributed by atoms with Crippen LogP contribution in [0.3, 0.4) is 0 Å². The van der Waals surface area contributed by atoms with E-state index in [2.05, 4.69) is 55.5 Å². The molecule has 0 amide bonds. The third-order valence-electron chi connectivity index (χ3n) is 3.39. The van der Waals surface area contributed by atoms with E-state index in [1.165, 1.54) is 25.2 Å². The van der Waals surface area contributed by atoms with E-state index in [0.29, 0.717) is 0 Å². The van der Waals surface area contributed by atoms with Gasteiger partial charge in [-0.3, -0.25) is 4.99 Å². The number of halogens is 1. The molecule has 0 atom stereocenters. The number of benzene rings is 1. The molecule has 2 aliphatic heterocycles. The Labute approximate surface area is 128 Å². The molecule has 3 heterocycles. The van der Waals surface area contributed by atoms with Gasteiger partial charge < -0.3 is 4.90 Å². The van der Waals surface area contributed by atoms with Crippen molar-refractivity contribution in [3.63, 3.8) is 0 Å². The van der Waals surface area contributed by atoms with E-state index < -0.39 is 0 Å². The van der Waals surface area contributed by atoms with Crippen LogP contribution < -0.4 is 0 Å². The molecule has 1 aromatic carbocycles. The fourth-order valence-corrected chi connectivity index (χ4v) is 5.26. The maximum Gasteiger partial charge on any atom is 0.169 e. The van der Waals surface area contributed by atoms with E-state index in [-0.39, 0.29) is 0 Å². The summed E-state index contributed by atoms with van der Waals surface area (Å²) in [5.74, 6) is 0. The Bertz CT molecular complexity index is 717. The highest BCUT2D eigenvalue weighted by molar-refractivity contribution is 9.14. The summed E-state index contributed by atoms with van der Waals surface area (Å²) in [6, 6.07) is 8.60. The van der Waals surface area contributed by atoms with Gasteiger partial charge in [0.15, 0.2) is 5.17 Å². The molecule has 0 unspecified atom stereocenters. The number of fused-ring (bicyclic) bond motifs is 2. The van der Waals surface area contributed by atoms with Crippen LogP contribution in [0.2, 0.25) is 0 Å². The maximum atomic E-state index is 4.62. The van der Waals surface area contributed by atoms with Gasteiger partial charge in [0.1, 0.15) is 0 Å². The van der Waals surface area contributed by atoms with E-state index >= 15 is 0 Å². The van der Waals surface area contributed by atoms with E-state index in [9.17, 15) is 0 Å². The Balaban J connectivity index is 1.90. The van der Waals surface area contributed by atoms with Crippen LogP contribution in [0.15, 0.2) is 38.5 Å². The molecule has 1 aromatic heterocycles. The van der Waals surface area contributed by atoms with Crippen LogP contribution in [0, 0.1) is 0 Å². The lowest BCUT2D eigenvalue weighted by Crippen LogP contribution is -2.28. The standard InChI is InChI=1S/C14H11BrN2S2/c15-13-12(17-7-3-6-16-14(17)19-13)10-8-18-11-5-2-1-4-9(10)11/h1-2,4-5,8H,3,6-7H2. The molecule has 96 valence electrons. The molecular weight excluding hydrogens is 340 g/mol. The van der Waals surface area contributed by atoms with Crippen molar-refractivity contribution in [1.82, 2.24) is 4.90 Å².